The molecule has 2 nitrogen and oxygen atoms in total. The molecule has 74 valence electrons. The number of carboxylic acids is 1. The second-order valence-electron chi connectivity index (χ2n) is 3.75. The number of hydrogen-bond donors (Lipinski definition) is 1. The number of aliphatic carboxylic acids is 1. The predicted octanol–water partition coefficient (Wildman–Crippen LogP) is 2.92. The first-order valence-electron chi connectivity index (χ1n) is 4.64. The van der Waals surface area contributed by atoms with E-state index in [-0.39, 0.29) is 6.42 Å². The molecule has 0 aromatic heterocycles. The van der Waals surface area contributed by atoms with Crippen LogP contribution in [-0.4, -0.2) is 11.1 Å². The van der Waals surface area contributed by atoms with Crippen molar-refractivity contribution in [3.05, 3.63) is 34.9 Å². The third-order valence-corrected chi connectivity index (χ3v) is 2.91. The summed E-state index contributed by atoms with van der Waals surface area (Å²) in [5, 5.41) is 9.34. The number of rotatable bonds is 3. The van der Waals surface area contributed by atoms with E-state index in [1.165, 1.54) is 5.56 Å². The van der Waals surface area contributed by atoms with Gasteiger partial charge in [0, 0.05) is 11.4 Å². The lowest BCUT2D eigenvalue weighted by molar-refractivity contribution is -0.137. The quantitative estimate of drug-likeness (QED) is 0.833. The number of hydrogen-bond acceptors (Lipinski definition) is 1. The number of benzene rings is 1. The molecule has 2 rings (SSSR count). The Kier molecular flexibility index (Phi) is 2.46. The molecule has 0 saturated heterocycles. The van der Waals surface area contributed by atoms with E-state index in [4.69, 9.17) is 16.7 Å². The molecule has 0 radical (unpaired) electrons. The van der Waals surface area contributed by atoms with Gasteiger partial charge >= 0.3 is 5.97 Å². The number of halogens is 1. The van der Waals surface area contributed by atoms with E-state index in [2.05, 4.69) is 0 Å². The van der Waals surface area contributed by atoms with Crippen molar-refractivity contribution < 1.29 is 9.90 Å². The van der Waals surface area contributed by atoms with Gasteiger partial charge in [-0.3, -0.25) is 4.79 Å². The molecule has 14 heavy (non-hydrogen) atoms. The molecule has 1 fully saturated rings. The van der Waals surface area contributed by atoms with E-state index in [0.29, 0.717) is 11.8 Å². The predicted molar refractivity (Wildman–Crippen MR) is 54.6 cm³/mol. The summed E-state index contributed by atoms with van der Waals surface area (Å²) in [6, 6.07) is 7.67. The lowest BCUT2D eigenvalue weighted by Crippen LogP contribution is -1.96. The third-order valence-electron chi connectivity index (χ3n) is 2.66. The van der Waals surface area contributed by atoms with Gasteiger partial charge < -0.3 is 5.11 Å². The van der Waals surface area contributed by atoms with Crippen LogP contribution in [0.3, 0.4) is 0 Å². The first-order chi connectivity index (χ1) is 6.66. The maximum absolute atomic E-state index is 10.5. The van der Waals surface area contributed by atoms with Gasteiger partial charge in [0.1, 0.15) is 0 Å². The van der Waals surface area contributed by atoms with Crippen molar-refractivity contribution in [2.24, 2.45) is 5.92 Å². The highest BCUT2D eigenvalue weighted by molar-refractivity contribution is 6.30. The molecule has 0 bridgehead atoms. The van der Waals surface area contributed by atoms with Gasteiger partial charge in [-0.25, -0.2) is 0 Å². The Balaban J connectivity index is 1.99. The smallest absolute Gasteiger partial charge is 0.303 e. The lowest BCUT2D eigenvalue weighted by atomic mass is 10.1. The van der Waals surface area contributed by atoms with E-state index in [1.807, 2.05) is 24.3 Å². The van der Waals surface area contributed by atoms with Crippen LogP contribution in [0.25, 0.3) is 0 Å². The zero-order chi connectivity index (χ0) is 10.1. The fraction of sp³-hybridized carbons (Fsp3) is 0.364. The summed E-state index contributed by atoms with van der Waals surface area (Å²) in [6.45, 7) is 0. The molecule has 0 amide bonds. The first-order valence-corrected chi connectivity index (χ1v) is 5.02. The molecule has 1 N–H and O–H groups in total. The van der Waals surface area contributed by atoms with Crippen LogP contribution in [-0.2, 0) is 4.79 Å². The minimum absolute atomic E-state index is 0.285. The van der Waals surface area contributed by atoms with Gasteiger partial charge in [-0.1, -0.05) is 23.7 Å². The van der Waals surface area contributed by atoms with Crippen molar-refractivity contribution in [3.8, 4) is 0 Å². The van der Waals surface area contributed by atoms with Crippen LogP contribution in [0.4, 0.5) is 0 Å². The van der Waals surface area contributed by atoms with Crippen LogP contribution in [0.5, 0.6) is 0 Å². The average molecular weight is 211 g/mol. The fourth-order valence-corrected chi connectivity index (χ4v) is 1.94. The standard InChI is InChI=1S/C11H11ClO2/c12-9-3-1-7(2-4-9)10-5-8(10)6-11(13)14/h1-4,8,10H,5-6H2,(H,13,14). The summed E-state index contributed by atoms with van der Waals surface area (Å²) in [5.41, 5.74) is 1.21. The molecule has 1 aliphatic rings. The minimum atomic E-state index is -0.702. The van der Waals surface area contributed by atoms with Crippen LogP contribution in [0, 0.1) is 5.92 Å². The third kappa shape index (κ3) is 2.07. The van der Waals surface area contributed by atoms with Crippen LogP contribution < -0.4 is 0 Å². The van der Waals surface area contributed by atoms with Crippen LogP contribution in [0.2, 0.25) is 5.02 Å². The summed E-state index contributed by atoms with van der Waals surface area (Å²) < 4.78 is 0. The summed E-state index contributed by atoms with van der Waals surface area (Å²) >= 11 is 5.76. The Morgan fingerprint density at radius 2 is 2.07 bits per heavy atom. The van der Waals surface area contributed by atoms with Gasteiger partial charge in [0.25, 0.3) is 0 Å². The molecule has 1 aliphatic carbocycles. The summed E-state index contributed by atoms with van der Waals surface area (Å²) in [6.07, 6.45) is 1.28. The Hall–Kier alpha value is -1.02. The van der Waals surface area contributed by atoms with Crippen molar-refractivity contribution in [2.45, 2.75) is 18.8 Å². The minimum Gasteiger partial charge on any atom is -0.481 e. The zero-order valence-corrected chi connectivity index (χ0v) is 8.37. The van der Waals surface area contributed by atoms with Crippen molar-refractivity contribution in [3.63, 3.8) is 0 Å². The molecule has 1 aromatic rings. The molecule has 0 spiro atoms. The van der Waals surface area contributed by atoms with Gasteiger partial charge in [-0.2, -0.15) is 0 Å². The molecule has 0 aliphatic heterocycles. The molecule has 0 heterocycles. The first kappa shape index (κ1) is 9.53. The highest BCUT2D eigenvalue weighted by Gasteiger charge is 2.39. The normalized spacial score (nSPS) is 24.6. The van der Waals surface area contributed by atoms with Crippen molar-refractivity contribution in [1.82, 2.24) is 0 Å². The molecular formula is C11H11ClO2. The Morgan fingerprint density at radius 3 is 2.64 bits per heavy atom. The second kappa shape index (κ2) is 3.62. The van der Waals surface area contributed by atoms with Crippen molar-refractivity contribution in [2.75, 3.05) is 0 Å². The average Bonchev–Trinajstić information content (AvgIpc) is 2.84. The molecular weight excluding hydrogens is 200 g/mol. The van der Waals surface area contributed by atoms with Gasteiger partial charge in [0.15, 0.2) is 0 Å². The molecule has 2 atom stereocenters. The van der Waals surface area contributed by atoms with Crippen molar-refractivity contribution >= 4 is 17.6 Å². The molecule has 3 heteroatoms. The van der Waals surface area contributed by atoms with Gasteiger partial charge in [-0.05, 0) is 36.0 Å². The molecule has 2 unspecified atom stereocenters. The van der Waals surface area contributed by atoms with Crippen LogP contribution >= 0.6 is 11.6 Å². The van der Waals surface area contributed by atoms with E-state index < -0.39 is 5.97 Å². The van der Waals surface area contributed by atoms with E-state index in [0.717, 1.165) is 11.4 Å². The maximum Gasteiger partial charge on any atom is 0.303 e. The number of carboxylic acid groups (broad SMARTS) is 1. The highest BCUT2D eigenvalue weighted by Crippen LogP contribution is 2.49. The topological polar surface area (TPSA) is 37.3 Å². The second-order valence-corrected chi connectivity index (χ2v) is 4.19. The Bertz CT molecular complexity index is 345. The summed E-state index contributed by atoms with van der Waals surface area (Å²) in [7, 11) is 0. The van der Waals surface area contributed by atoms with Crippen LogP contribution in [0.15, 0.2) is 24.3 Å². The molecule has 1 aromatic carbocycles. The fourth-order valence-electron chi connectivity index (χ4n) is 1.82. The van der Waals surface area contributed by atoms with E-state index in [1.54, 1.807) is 0 Å². The van der Waals surface area contributed by atoms with Gasteiger partial charge in [-0.15, -0.1) is 0 Å². The van der Waals surface area contributed by atoms with E-state index >= 15 is 0 Å². The SMILES string of the molecule is O=C(O)CC1CC1c1ccc(Cl)cc1. The molecule has 1 saturated carbocycles. The lowest BCUT2D eigenvalue weighted by Gasteiger charge is -1.98. The Labute approximate surface area is 87.5 Å². The van der Waals surface area contributed by atoms with Crippen LogP contribution in [0.1, 0.15) is 24.3 Å². The highest BCUT2D eigenvalue weighted by atomic mass is 35.5. The monoisotopic (exact) mass is 210 g/mol. The maximum atomic E-state index is 10.5. The zero-order valence-electron chi connectivity index (χ0n) is 7.61. The largest absolute Gasteiger partial charge is 0.481 e. The van der Waals surface area contributed by atoms with Crippen molar-refractivity contribution in [1.29, 1.82) is 0 Å². The summed E-state index contributed by atoms with van der Waals surface area (Å²) in [5.74, 6) is 0.0588. The van der Waals surface area contributed by atoms with Gasteiger partial charge in [0.2, 0.25) is 0 Å². The van der Waals surface area contributed by atoms with E-state index in [9.17, 15) is 4.79 Å². The Morgan fingerprint density at radius 1 is 1.43 bits per heavy atom. The number of carbonyl (C=O) groups is 1. The van der Waals surface area contributed by atoms with Gasteiger partial charge in [0.05, 0.1) is 0 Å². The summed E-state index contributed by atoms with van der Waals surface area (Å²) in [4.78, 5) is 10.5.